The van der Waals surface area contributed by atoms with Crippen LogP contribution in [0.1, 0.15) is 18.9 Å². The molecule has 2 N–H and O–H groups in total. The zero-order valence-electron chi connectivity index (χ0n) is 9.14. The van der Waals surface area contributed by atoms with Gasteiger partial charge in [0.2, 0.25) is 5.91 Å². The molecule has 1 amide bonds. The minimum absolute atomic E-state index is 0.0550. The van der Waals surface area contributed by atoms with Crippen LogP contribution in [-0.2, 0) is 16.0 Å². The van der Waals surface area contributed by atoms with E-state index < -0.39 is 5.97 Å². The third kappa shape index (κ3) is 4.59. The molecule has 0 saturated heterocycles. The van der Waals surface area contributed by atoms with Crippen LogP contribution in [0.3, 0.4) is 0 Å². The fourth-order valence-corrected chi connectivity index (χ4v) is 1.42. The number of hydrogen-bond acceptors (Lipinski definition) is 2. The largest absolute Gasteiger partial charge is 0.481 e. The number of carbonyl (C=O) groups is 2. The zero-order valence-corrected chi connectivity index (χ0v) is 9.14. The maximum absolute atomic E-state index is 11.5. The van der Waals surface area contributed by atoms with E-state index in [0.29, 0.717) is 0 Å². The van der Waals surface area contributed by atoms with Gasteiger partial charge in [0.05, 0.1) is 12.8 Å². The lowest BCUT2D eigenvalue weighted by Crippen LogP contribution is -2.35. The average Bonchev–Trinajstić information content (AvgIpc) is 2.17. The highest BCUT2D eigenvalue weighted by Gasteiger charge is 2.10. The van der Waals surface area contributed by atoms with Gasteiger partial charge in [0.25, 0.3) is 0 Å². The Bertz CT molecular complexity index is 362. The van der Waals surface area contributed by atoms with Crippen LogP contribution in [0.5, 0.6) is 0 Å². The molecule has 0 aliphatic heterocycles. The summed E-state index contributed by atoms with van der Waals surface area (Å²) in [5, 5.41) is 11.2. The van der Waals surface area contributed by atoms with E-state index in [1.165, 1.54) is 0 Å². The number of hydrogen-bond donors (Lipinski definition) is 2. The number of amides is 1. The Morgan fingerprint density at radius 3 is 2.50 bits per heavy atom. The molecule has 0 heterocycles. The molecule has 0 bridgehead atoms. The highest BCUT2D eigenvalue weighted by molar-refractivity contribution is 5.79. The highest BCUT2D eigenvalue weighted by atomic mass is 16.4. The van der Waals surface area contributed by atoms with Crippen molar-refractivity contribution in [3.8, 4) is 0 Å². The van der Waals surface area contributed by atoms with E-state index in [0.717, 1.165) is 5.56 Å². The van der Waals surface area contributed by atoms with Crippen LogP contribution < -0.4 is 5.32 Å². The Labute approximate surface area is 94.3 Å². The van der Waals surface area contributed by atoms with Crippen molar-refractivity contribution in [1.29, 1.82) is 0 Å². The first kappa shape index (κ1) is 12.2. The van der Waals surface area contributed by atoms with Gasteiger partial charge in [0.15, 0.2) is 0 Å². The molecule has 0 aliphatic rings. The van der Waals surface area contributed by atoms with Crippen LogP contribution in [-0.4, -0.2) is 23.0 Å². The third-order valence-corrected chi connectivity index (χ3v) is 2.10. The lowest BCUT2D eigenvalue weighted by atomic mass is 10.1. The van der Waals surface area contributed by atoms with E-state index >= 15 is 0 Å². The Kier molecular flexibility index (Phi) is 4.51. The van der Waals surface area contributed by atoms with Gasteiger partial charge in [-0.05, 0) is 12.5 Å². The van der Waals surface area contributed by atoms with Crippen molar-refractivity contribution >= 4 is 11.9 Å². The zero-order chi connectivity index (χ0) is 12.0. The van der Waals surface area contributed by atoms with E-state index in [4.69, 9.17) is 5.11 Å². The number of aliphatic carboxylic acids is 1. The second kappa shape index (κ2) is 5.90. The summed E-state index contributed by atoms with van der Waals surface area (Å²) in [4.78, 5) is 21.9. The molecule has 16 heavy (non-hydrogen) atoms. The molecule has 4 heteroatoms. The Morgan fingerprint density at radius 1 is 1.31 bits per heavy atom. The predicted octanol–water partition coefficient (Wildman–Crippen LogP) is 1.21. The molecule has 0 aliphatic carbocycles. The van der Waals surface area contributed by atoms with Crippen LogP contribution >= 0.6 is 0 Å². The molecule has 0 fully saturated rings. The SMILES string of the molecule is C[C@H](CC(=O)O)NC(=O)Cc1ccccc1. The first-order valence-electron chi connectivity index (χ1n) is 5.13. The maximum atomic E-state index is 11.5. The molecule has 0 aromatic heterocycles. The van der Waals surface area contributed by atoms with Gasteiger partial charge in [0, 0.05) is 6.04 Å². The van der Waals surface area contributed by atoms with Crippen LogP contribution in [0.2, 0.25) is 0 Å². The summed E-state index contributed by atoms with van der Waals surface area (Å²) >= 11 is 0. The topological polar surface area (TPSA) is 66.4 Å². The Balaban J connectivity index is 2.39. The number of carboxylic acids is 1. The number of carbonyl (C=O) groups excluding carboxylic acids is 1. The second-order valence-electron chi connectivity index (χ2n) is 3.73. The summed E-state index contributed by atoms with van der Waals surface area (Å²) in [6.45, 7) is 1.68. The molecule has 0 radical (unpaired) electrons. The Hall–Kier alpha value is -1.84. The van der Waals surface area contributed by atoms with E-state index in [-0.39, 0.29) is 24.8 Å². The lowest BCUT2D eigenvalue weighted by molar-refractivity contribution is -0.137. The number of carboxylic acid groups (broad SMARTS) is 1. The predicted molar refractivity (Wildman–Crippen MR) is 60.0 cm³/mol. The lowest BCUT2D eigenvalue weighted by Gasteiger charge is -2.11. The molecule has 4 nitrogen and oxygen atoms in total. The van der Waals surface area contributed by atoms with Crippen molar-refractivity contribution < 1.29 is 14.7 Å². The van der Waals surface area contributed by atoms with E-state index in [9.17, 15) is 9.59 Å². The van der Waals surface area contributed by atoms with Crippen molar-refractivity contribution in [3.63, 3.8) is 0 Å². The second-order valence-corrected chi connectivity index (χ2v) is 3.73. The van der Waals surface area contributed by atoms with Crippen LogP contribution in [0, 0.1) is 0 Å². The number of nitrogens with one attached hydrogen (secondary N) is 1. The Morgan fingerprint density at radius 2 is 1.94 bits per heavy atom. The molecule has 0 spiro atoms. The smallest absolute Gasteiger partial charge is 0.305 e. The first-order valence-corrected chi connectivity index (χ1v) is 5.13. The normalized spacial score (nSPS) is 11.8. The van der Waals surface area contributed by atoms with Gasteiger partial charge in [-0.1, -0.05) is 30.3 Å². The molecule has 1 atom stereocenters. The van der Waals surface area contributed by atoms with Crippen molar-refractivity contribution in [2.45, 2.75) is 25.8 Å². The van der Waals surface area contributed by atoms with Crippen molar-refractivity contribution in [2.24, 2.45) is 0 Å². The monoisotopic (exact) mass is 221 g/mol. The third-order valence-electron chi connectivity index (χ3n) is 2.10. The molecular formula is C12H15NO3. The number of benzene rings is 1. The van der Waals surface area contributed by atoms with E-state index in [1.807, 2.05) is 30.3 Å². The van der Waals surface area contributed by atoms with Crippen LogP contribution in [0.4, 0.5) is 0 Å². The van der Waals surface area contributed by atoms with Crippen molar-refractivity contribution in [3.05, 3.63) is 35.9 Å². The summed E-state index contributed by atoms with van der Waals surface area (Å²) in [6, 6.07) is 9.00. The van der Waals surface area contributed by atoms with Crippen molar-refractivity contribution in [2.75, 3.05) is 0 Å². The fourth-order valence-electron chi connectivity index (χ4n) is 1.42. The van der Waals surface area contributed by atoms with Gasteiger partial charge in [-0.2, -0.15) is 0 Å². The van der Waals surface area contributed by atoms with E-state index in [1.54, 1.807) is 6.92 Å². The van der Waals surface area contributed by atoms with Gasteiger partial charge >= 0.3 is 5.97 Å². The molecule has 0 saturated carbocycles. The molecule has 0 unspecified atom stereocenters. The summed E-state index contributed by atoms with van der Waals surface area (Å²) in [5.74, 6) is -1.06. The quantitative estimate of drug-likeness (QED) is 0.785. The average molecular weight is 221 g/mol. The molecule has 86 valence electrons. The summed E-state index contributed by atoms with van der Waals surface area (Å²) in [5.41, 5.74) is 0.919. The van der Waals surface area contributed by atoms with Gasteiger partial charge in [-0.25, -0.2) is 0 Å². The fraction of sp³-hybridized carbons (Fsp3) is 0.333. The maximum Gasteiger partial charge on any atom is 0.305 e. The van der Waals surface area contributed by atoms with Crippen LogP contribution in [0.15, 0.2) is 30.3 Å². The van der Waals surface area contributed by atoms with Gasteiger partial charge < -0.3 is 10.4 Å². The molecule has 1 aromatic carbocycles. The molecule has 1 rings (SSSR count). The minimum Gasteiger partial charge on any atom is -0.481 e. The van der Waals surface area contributed by atoms with Gasteiger partial charge in [0.1, 0.15) is 0 Å². The summed E-state index contributed by atoms with van der Waals surface area (Å²) < 4.78 is 0. The molecular weight excluding hydrogens is 206 g/mol. The molecule has 1 aromatic rings. The van der Waals surface area contributed by atoms with Gasteiger partial charge in [-0.15, -0.1) is 0 Å². The van der Waals surface area contributed by atoms with Crippen LogP contribution in [0.25, 0.3) is 0 Å². The highest BCUT2D eigenvalue weighted by Crippen LogP contribution is 2.00. The van der Waals surface area contributed by atoms with Gasteiger partial charge in [-0.3, -0.25) is 9.59 Å². The summed E-state index contributed by atoms with van der Waals surface area (Å²) in [6.07, 6.45) is 0.228. The van der Waals surface area contributed by atoms with Crippen molar-refractivity contribution in [1.82, 2.24) is 5.32 Å². The number of rotatable bonds is 5. The van der Waals surface area contributed by atoms with E-state index in [2.05, 4.69) is 5.32 Å². The standard InChI is InChI=1S/C12H15NO3/c1-9(7-12(15)16)13-11(14)8-10-5-3-2-4-6-10/h2-6,9H,7-8H2,1H3,(H,13,14)(H,15,16)/t9-/m1/s1. The first-order chi connectivity index (χ1) is 7.58. The minimum atomic E-state index is -0.910. The summed E-state index contributed by atoms with van der Waals surface area (Å²) in [7, 11) is 0.